The molecule has 0 spiro atoms. The minimum absolute atomic E-state index is 0. The van der Waals surface area contributed by atoms with E-state index in [4.69, 9.17) is 5.11 Å². The molecule has 1 nitrogen and oxygen atoms in total. The second kappa shape index (κ2) is 4.34. The van der Waals surface area contributed by atoms with Gasteiger partial charge in [0.25, 0.3) is 0 Å². The second-order valence-corrected chi connectivity index (χ2v) is 2.39. The van der Waals surface area contributed by atoms with Gasteiger partial charge in [0.1, 0.15) is 5.75 Å². The van der Waals surface area contributed by atoms with E-state index < -0.39 is 0 Å². The first-order valence-corrected chi connectivity index (χ1v) is 3.03. The molecule has 0 atom stereocenters. The van der Waals surface area contributed by atoms with Crippen molar-refractivity contribution in [2.45, 2.75) is 0 Å². The summed E-state index contributed by atoms with van der Waals surface area (Å²) in [6.07, 6.45) is 0. The molecular weight excluding hydrogens is 191 g/mol. The summed E-state index contributed by atoms with van der Waals surface area (Å²) >= 11 is 3.23. The third-order valence-electron chi connectivity index (χ3n) is 0.827. The summed E-state index contributed by atoms with van der Waals surface area (Å²) in [7, 11) is 0. The SMILES string of the molecule is Oc1ccc(Br)cc1.[NaH]. The van der Waals surface area contributed by atoms with E-state index in [-0.39, 0.29) is 29.6 Å². The summed E-state index contributed by atoms with van der Waals surface area (Å²) < 4.78 is 0.982. The van der Waals surface area contributed by atoms with Gasteiger partial charge < -0.3 is 5.11 Å². The molecule has 1 aromatic rings. The van der Waals surface area contributed by atoms with Crippen LogP contribution in [0.4, 0.5) is 0 Å². The van der Waals surface area contributed by atoms with Crippen LogP contribution in [0.15, 0.2) is 28.7 Å². The maximum atomic E-state index is 8.74. The number of hydrogen-bond donors (Lipinski definition) is 1. The molecule has 0 saturated carbocycles. The van der Waals surface area contributed by atoms with Gasteiger partial charge in [-0.05, 0) is 24.3 Å². The first-order valence-electron chi connectivity index (χ1n) is 2.23. The molecule has 1 aromatic carbocycles. The van der Waals surface area contributed by atoms with Gasteiger partial charge in [-0.3, -0.25) is 0 Å². The molecule has 0 amide bonds. The van der Waals surface area contributed by atoms with Crippen molar-refractivity contribution < 1.29 is 5.11 Å². The first kappa shape index (κ1) is 9.50. The molecule has 0 aliphatic heterocycles. The summed E-state index contributed by atoms with van der Waals surface area (Å²) in [5, 5.41) is 8.74. The molecule has 44 valence electrons. The van der Waals surface area contributed by atoms with Crippen LogP contribution in [0.1, 0.15) is 0 Å². The summed E-state index contributed by atoms with van der Waals surface area (Å²) in [4.78, 5) is 0. The fraction of sp³-hybridized carbons (Fsp3) is 0. The second-order valence-electron chi connectivity index (χ2n) is 1.48. The predicted octanol–water partition coefficient (Wildman–Crippen LogP) is 1.51. The summed E-state index contributed by atoms with van der Waals surface area (Å²) in [5.74, 6) is 0.299. The predicted molar refractivity (Wildman–Crippen MR) is 43.0 cm³/mol. The monoisotopic (exact) mass is 196 g/mol. The Bertz CT molecular complexity index is 152. The Labute approximate surface area is 84.5 Å². The van der Waals surface area contributed by atoms with Crippen molar-refractivity contribution >= 4 is 45.5 Å². The van der Waals surface area contributed by atoms with Crippen molar-refractivity contribution in [3.05, 3.63) is 28.7 Å². The van der Waals surface area contributed by atoms with Gasteiger partial charge in [-0.2, -0.15) is 0 Å². The Kier molecular flexibility index (Phi) is 4.58. The van der Waals surface area contributed by atoms with E-state index in [1.165, 1.54) is 0 Å². The standard InChI is InChI=1S/C6H5BrO.Na.H/c7-5-1-3-6(8)4-2-5;;/h1-4,8H;;. The van der Waals surface area contributed by atoms with Crippen LogP contribution in [0.25, 0.3) is 0 Å². The van der Waals surface area contributed by atoms with Gasteiger partial charge in [0.05, 0.1) is 0 Å². The molecule has 0 aliphatic carbocycles. The molecule has 0 saturated heterocycles. The van der Waals surface area contributed by atoms with Gasteiger partial charge >= 0.3 is 29.6 Å². The third-order valence-corrected chi connectivity index (χ3v) is 1.36. The molecular formula is C6H6BrNaO. The summed E-state index contributed by atoms with van der Waals surface area (Å²) in [6, 6.07) is 6.83. The van der Waals surface area contributed by atoms with Crippen LogP contribution in [0.2, 0.25) is 0 Å². The minimum atomic E-state index is 0. The molecule has 0 aliphatic rings. The van der Waals surface area contributed by atoms with E-state index in [9.17, 15) is 0 Å². The van der Waals surface area contributed by atoms with Crippen molar-refractivity contribution in [2.75, 3.05) is 0 Å². The van der Waals surface area contributed by atoms with Gasteiger partial charge in [0.15, 0.2) is 0 Å². The number of aromatic hydroxyl groups is 1. The molecule has 1 rings (SSSR count). The maximum absolute atomic E-state index is 8.74. The van der Waals surface area contributed by atoms with Crippen LogP contribution >= 0.6 is 15.9 Å². The quantitative estimate of drug-likeness (QED) is 0.625. The molecule has 0 bridgehead atoms. The molecule has 9 heavy (non-hydrogen) atoms. The molecule has 0 aromatic heterocycles. The average Bonchev–Trinajstić information content (AvgIpc) is 1.77. The zero-order valence-electron chi connectivity index (χ0n) is 4.13. The van der Waals surface area contributed by atoms with Gasteiger partial charge in [-0.1, -0.05) is 15.9 Å². The van der Waals surface area contributed by atoms with Crippen LogP contribution < -0.4 is 0 Å². The van der Waals surface area contributed by atoms with E-state index in [1.807, 2.05) is 0 Å². The summed E-state index contributed by atoms with van der Waals surface area (Å²) in [5.41, 5.74) is 0. The van der Waals surface area contributed by atoms with Crippen LogP contribution in [-0.2, 0) is 0 Å². The molecule has 1 N–H and O–H groups in total. The Morgan fingerprint density at radius 1 is 1.11 bits per heavy atom. The first-order chi connectivity index (χ1) is 3.79. The molecule has 0 radical (unpaired) electrons. The number of benzene rings is 1. The van der Waals surface area contributed by atoms with E-state index in [1.54, 1.807) is 24.3 Å². The number of hydrogen-bond acceptors (Lipinski definition) is 1. The normalized spacial score (nSPS) is 8.11. The molecule has 3 heteroatoms. The van der Waals surface area contributed by atoms with Crippen LogP contribution in [0.3, 0.4) is 0 Å². The fourth-order valence-corrected chi connectivity index (χ4v) is 0.705. The number of rotatable bonds is 0. The van der Waals surface area contributed by atoms with E-state index in [2.05, 4.69) is 15.9 Å². The third kappa shape index (κ3) is 3.26. The van der Waals surface area contributed by atoms with E-state index in [0.29, 0.717) is 5.75 Å². The zero-order chi connectivity index (χ0) is 5.98. The Morgan fingerprint density at radius 3 is 1.89 bits per heavy atom. The van der Waals surface area contributed by atoms with E-state index in [0.717, 1.165) is 4.47 Å². The van der Waals surface area contributed by atoms with Gasteiger partial charge in [-0.15, -0.1) is 0 Å². The Hall–Kier alpha value is 0.500. The van der Waals surface area contributed by atoms with Gasteiger partial charge in [0, 0.05) is 4.47 Å². The number of halogens is 1. The van der Waals surface area contributed by atoms with Crippen molar-refractivity contribution in [3.8, 4) is 5.75 Å². The van der Waals surface area contributed by atoms with Crippen molar-refractivity contribution in [1.82, 2.24) is 0 Å². The van der Waals surface area contributed by atoms with Crippen molar-refractivity contribution in [1.29, 1.82) is 0 Å². The molecule has 0 heterocycles. The van der Waals surface area contributed by atoms with Crippen LogP contribution in [0, 0.1) is 0 Å². The van der Waals surface area contributed by atoms with Gasteiger partial charge in [-0.25, -0.2) is 0 Å². The van der Waals surface area contributed by atoms with Crippen LogP contribution in [0.5, 0.6) is 5.75 Å². The van der Waals surface area contributed by atoms with Crippen LogP contribution in [-0.4, -0.2) is 34.7 Å². The van der Waals surface area contributed by atoms with Crippen molar-refractivity contribution in [2.24, 2.45) is 0 Å². The van der Waals surface area contributed by atoms with Gasteiger partial charge in [0.2, 0.25) is 0 Å². The number of phenols is 1. The molecule has 0 unspecified atom stereocenters. The Balaban J connectivity index is 0.000000640. The molecule has 0 fully saturated rings. The fourth-order valence-electron chi connectivity index (χ4n) is 0.441. The average molecular weight is 197 g/mol. The summed E-state index contributed by atoms with van der Waals surface area (Å²) in [6.45, 7) is 0. The van der Waals surface area contributed by atoms with E-state index >= 15 is 0 Å². The van der Waals surface area contributed by atoms with Crippen molar-refractivity contribution in [3.63, 3.8) is 0 Å². The Morgan fingerprint density at radius 2 is 1.56 bits per heavy atom. The zero-order valence-corrected chi connectivity index (χ0v) is 5.72. The topological polar surface area (TPSA) is 20.2 Å². The number of phenolic OH excluding ortho intramolecular Hbond substituents is 1.